The highest BCUT2D eigenvalue weighted by atomic mass is 35.5. The maximum atomic E-state index is 11.8. The van der Waals surface area contributed by atoms with Crippen molar-refractivity contribution in [3.63, 3.8) is 0 Å². The van der Waals surface area contributed by atoms with Gasteiger partial charge < -0.3 is 4.74 Å². The number of primary sulfonamides is 1. The van der Waals surface area contributed by atoms with Gasteiger partial charge in [0, 0.05) is 22.5 Å². The summed E-state index contributed by atoms with van der Waals surface area (Å²) in [5.41, 5.74) is 2.14. The van der Waals surface area contributed by atoms with Crippen molar-refractivity contribution < 1.29 is 13.2 Å². The molecule has 3 rings (SSSR count). The maximum absolute atomic E-state index is 11.8. The van der Waals surface area contributed by atoms with E-state index in [1.807, 2.05) is 24.3 Å². The molecule has 2 aromatic carbocycles. The van der Waals surface area contributed by atoms with Crippen LogP contribution in [0.15, 0.2) is 53.4 Å². The lowest BCUT2D eigenvalue weighted by atomic mass is 10.1. The number of sulfonamides is 1. The zero-order valence-electron chi connectivity index (χ0n) is 12.9. The minimum absolute atomic E-state index is 0.0232. The van der Waals surface area contributed by atoms with Gasteiger partial charge in [0.1, 0.15) is 11.3 Å². The molecule has 3 aromatic rings. The van der Waals surface area contributed by atoms with Crippen molar-refractivity contribution in [2.24, 2.45) is 5.14 Å². The van der Waals surface area contributed by atoms with Crippen molar-refractivity contribution in [1.29, 1.82) is 0 Å². The van der Waals surface area contributed by atoms with Gasteiger partial charge in [-0.2, -0.15) is 0 Å². The highest BCUT2D eigenvalue weighted by Crippen LogP contribution is 2.30. The molecular formula is C17H15ClN2O3S. The van der Waals surface area contributed by atoms with Gasteiger partial charge in [-0.3, -0.25) is 0 Å². The SMILES string of the molecule is COc1ccc(S(N)(=O)=O)c2ccc(Cc3ccccc3Cl)nc12. The van der Waals surface area contributed by atoms with Crippen LogP contribution in [-0.2, 0) is 16.4 Å². The maximum Gasteiger partial charge on any atom is 0.238 e. The van der Waals surface area contributed by atoms with E-state index in [1.54, 1.807) is 18.2 Å². The van der Waals surface area contributed by atoms with Crippen LogP contribution in [0.3, 0.4) is 0 Å². The number of aromatic nitrogens is 1. The minimum atomic E-state index is -3.85. The molecule has 24 heavy (non-hydrogen) atoms. The molecule has 0 atom stereocenters. The lowest BCUT2D eigenvalue weighted by Crippen LogP contribution is -2.13. The van der Waals surface area contributed by atoms with E-state index in [2.05, 4.69) is 4.98 Å². The van der Waals surface area contributed by atoms with E-state index in [0.717, 1.165) is 11.3 Å². The Kier molecular flexibility index (Phi) is 4.45. The van der Waals surface area contributed by atoms with Gasteiger partial charge in [0.15, 0.2) is 0 Å². The molecule has 0 spiro atoms. The van der Waals surface area contributed by atoms with Crippen LogP contribution in [0.5, 0.6) is 5.75 Å². The molecule has 0 aliphatic heterocycles. The van der Waals surface area contributed by atoms with E-state index in [1.165, 1.54) is 13.2 Å². The number of benzene rings is 2. The number of methoxy groups -OCH3 is 1. The van der Waals surface area contributed by atoms with Crippen molar-refractivity contribution in [2.75, 3.05) is 7.11 Å². The van der Waals surface area contributed by atoms with Crippen molar-refractivity contribution in [1.82, 2.24) is 4.98 Å². The Morgan fingerprint density at radius 1 is 1.12 bits per heavy atom. The summed E-state index contributed by atoms with van der Waals surface area (Å²) < 4.78 is 28.8. The molecule has 0 fully saturated rings. The van der Waals surface area contributed by atoms with Crippen LogP contribution in [-0.4, -0.2) is 20.5 Å². The van der Waals surface area contributed by atoms with E-state index < -0.39 is 10.0 Å². The fraction of sp³-hybridized carbons (Fsp3) is 0.118. The van der Waals surface area contributed by atoms with Crippen LogP contribution in [0.25, 0.3) is 10.9 Å². The first-order valence-corrected chi connectivity index (χ1v) is 9.05. The third-order valence-electron chi connectivity index (χ3n) is 3.69. The summed E-state index contributed by atoms with van der Waals surface area (Å²) in [6.45, 7) is 0. The average molecular weight is 363 g/mol. The number of nitrogens with two attached hydrogens (primary N) is 1. The highest BCUT2D eigenvalue weighted by molar-refractivity contribution is 7.89. The van der Waals surface area contributed by atoms with Crippen LogP contribution in [0.2, 0.25) is 5.02 Å². The Morgan fingerprint density at radius 3 is 2.54 bits per heavy atom. The van der Waals surface area contributed by atoms with Gasteiger partial charge in [-0.25, -0.2) is 18.5 Å². The zero-order valence-corrected chi connectivity index (χ0v) is 14.4. The number of rotatable bonds is 4. The first kappa shape index (κ1) is 16.7. The summed E-state index contributed by atoms with van der Waals surface area (Å²) in [5, 5.41) is 6.37. The zero-order chi connectivity index (χ0) is 17.3. The monoisotopic (exact) mass is 362 g/mol. The third kappa shape index (κ3) is 3.21. The third-order valence-corrected chi connectivity index (χ3v) is 5.03. The summed E-state index contributed by atoms with van der Waals surface area (Å²) >= 11 is 6.19. The van der Waals surface area contributed by atoms with Gasteiger partial charge in [-0.05, 0) is 35.9 Å². The predicted octanol–water partition coefficient (Wildman–Crippen LogP) is 3.14. The highest BCUT2D eigenvalue weighted by Gasteiger charge is 2.16. The predicted molar refractivity (Wildman–Crippen MR) is 93.9 cm³/mol. The van der Waals surface area contributed by atoms with Crippen molar-refractivity contribution in [3.8, 4) is 5.75 Å². The second kappa shape index (κ2) is 6.39. The molecule has 5 nitrogen and oxygen atoms in total. The molecule has 1 aromatic heterocycles. The molecule has 0 bridgehead atoms. The summed E-state index contributed by atoms with van der Waals surface area (Å²) in [5.74, 6) is 0.485. The topological polar surface area (TPSA) is 82.3 Å². The fourth-order valence-electron chi connectivity index (χ4n) is 2.55. The van der Waals surface area contributed by atoms with E-state index in [9.17, 15) is 8.42 Å². The number of hydrogen-bond donors (Lipinski definition) is 1. The second-order valence-corrected chi connectivity index (χ2v) is 7.21. The summed E-state index contributed by atoms with van der Waals surface area (Å²) in [7, 11) is -2.34. The first-order chi connectivity index (χ1) is 11.4. The number of fused-ring (bicyclic) bond motifs is 1. The molecule has 0 aliphatic carbocycles. The van der Waals surface area contributed by atoms with Crippen LogP contribution < -0.4 is 9.88 Å². The molecule has 0 amide bonds. The summed E-state index contributed by atoms with van der Waals surface area (Å²) in [4.78, 5) is 4.58. The van der Waals surface area contributed by atoms with Gasteiger partial charge >= 0.3 is 0 Å². The van der Waals surface area contributed by atoms with Crippen LogP contribution in [0, 0.1) is 0 Å². The lowest BCUT2D eigenvalue weighted by molar-refractivity contribution is 0.418. The molecule has 124 valence electrons. The molecule has 2 N–H and O–H groups in total. The molecule has 0 saturated heterocycles. The summed E-state index contributed by atoms with van der Waals surface area (Å²) in [6, 6.07) is 13.9. The van der Waals surface area contributed by atoms with Crippen molar-refractivity contribution in [2.45, 2.75) is 11.3 Å². The number of nitrogens with zero attached hydrogens (tertiary/aromatic N) is 1. The second-order valence-electron chi connectivity index (χ2n) is 5.28. The molecule has 0 saturated carbocycles. The largest absolute Gasteiger partial charge is 0.494 e. The lowest BCUT2D eigenvalue weighted by Gasteiger charge is -2.10. The standard InChI is InChI=1S/C17H15ClN2O3S/c1-23-15-8-9-16(24(19,21)22)13-7-6-12(20-17(13)15)10-11-4-2-3-5-14(11)18/h2-9H,10H2,1H3,(H2,19,21,22). The van der Waals surface area contributed by atoms with Crippen molar-refractivity contribution >= 4 is 32.5 Å². The van der Waals surface area contributed by atoms with Crippen LogP contribution in [0.4, 0.5) is 0 Å². The van der Waals surface area contributed by atoms with Crippen molar-refractivity contribution in [3.05, 3.63) is 64.8 Å². The van der Waals surface area contributed by atoms with E-state index in [-0.39, 0.29) is 4.90 Å². The molecule has 1 heterocycles. The van der Waals surface area contributed by atoms with Gasteiger partial charge in [0.25, 0.3) is 0 Å². The smallest absolute Gasteiger partial charge is 0.238 e. The minimum Gasteiger partial charge on any atom is -0.494 e. The number of hydrogen-bond acceptors (Lipinski definition) is 4. The van der Waals surface area contributed by atoms with Gasteiger partial charge in [-0.1, -0.05) is 29.8 Å². The van der Waals surface area contributed by atoms with E-state index in [4.69, 9.17) is 21.5 Å². The van der Waals surface area contributed by atoms with E-state index >= 15 is 0 Å². The first-order valence-electron chi connectivity index (χ1n) is 7.13. The Bertz CT molecular complexity index is 1020. The normalized spacial score (nSPS) is 11.6. The number of pyridine rings is 1. The number of ether oxygens (including phenoxy) is 1. The Labute approximate surface area is 145 Å². The quantitative estimate of drug-likeness (QED) is 0.773. The van der Waals surface area contributed by atoms with Gasteiger partial charge in [-0.15, -0.1) is 0 Å². The Morgan fingerprint density at radius 2 is 1.88 bits per heavy atom. The number of halogens is 1. The average Bonchev–Trinajstić information content (AvgIpc) is 2.55. The van der Waals surface area contributed by atoms with Gasteiger partial charge in [0.05, 0.1) is 12.0 Å². The molecule has 0 aliphatic rings. The summed E-state index contributed by atoms with van der Waals surface area (Å²) in [6.07, 6.45) is 0.526. The van der Waals surface area contributed by atoms with E-state index in [0.29, 0.717) is 28.1 Å². The molecular weight excluding hydrogens is 348 g/mol. The van der Waals surface area contributed by atoms with Crippen LogP contribution >= 0.6 is 11.6 Å². The van der Waals surface area contributed by atoms with Crippen LogP contribution in [0.1, 0.15) is 11.3 Å². The Hall–Kier alpha value is -2.15. The van der Waals surface area contributed by atoms with Gasteiger partial charge in [0.2, 0.25) is 10.0 Å². The Balaban J connectivity index is 2.15. The fourth-order valence-corrected chi connectivity index (χ4v) is 3.49. The molecule has 0 radical (unpaired) electrons. The molecule has 0 unspecified atom stereocenters. The molecule has 7 heteroatoms.